The lowest BCUT2D eigenvalue weighted by Crippen LogP contribution is -2.35. The van der Waals surface area contributed by atoms with E-state index in [-0.39, 0.29) is 23.7 Å². The van der Waals surface area contributed by atoms with Crippen LogP contribution in [-0.2, 0) is 16.0 Å². The van der Waals surface area contributed by atoms with Gasteiger partial charge in [-0.1, -0.05) is 12.1 Å². The Balaban J connectivity index is 1.75. The van der Waals surface area contributed by atoms with Crippen molar-refractivity contribution in [3.05, 3.63) is 29.8 Å². The van der Waals surface area contributed by atoms with Crippen LogP contribution in [0.15, 0.2) is 24.3 Å². The van der Waals surface area contributed by atoms with Crippen molar-refractivity contribution in [3.63, 3.8) is 0 Å². The normalized spacial score (nSPS) is 22.9. The monoisotopic (exact) mass is 249 g/mol. The van der Waals surface area contributed by atoms with Crippen molar-refractivity contribution in [3.8, 4) is 5.75 Å². The van der Waals surface area contributed by atoms with E-state index in [1.54, 1.807) is 12.1 Å². The zero-order chi connectivity index (χ0) is 13.0. The van der Waals surface area contributed by atoms with E-state index in [2.05, 4.69) is 5.32 Å². The van der Waals surface area contributed by atoms with Crippen molar-refractivity contribution >= 4 is 5.91 Å². The molecule has 0 bridgehead atoms. The number of ether oxygens (including phenoxy) is 1. The van der Waals surface area contributed by atoms with Crippen LogP contribution in [0.2, 0.25) is 0 Å². The predicted molar refractivity (Wildman–Crippen MR) is 68.3 cm³/mol. The largest absolute Gasteiger partial charge is 0.508 e. The molecule has 1 fully saturated rings. The Morgan fingerprint density at radius 3 is 2.78 bits per heavy atom. The van der Waals surface area contributed by atoms with E-state index in [4.69, 9.17) is 9.84 Å². The molecule has 4 heteroatoms. The van der Waals surface area contributed by atoms with Crippen LogP contribution in [0.5, 0.6) is 5.75 Å². The lowest BCUT2D eigenvalue weighted by molar-refractivity contribution is -0.126. The minimum Gasteiger partial charge on any atom is -0.508 e. The van der Waals surface area contributed by atoms with Crippen molar-refractivity contribution in [2.24, 2.45) is 5.92 Å². The molecule has 0 saturated carbocycles. The van der Waals surface area contributed by atoms with Crippen LogP contribution in [-0.4, -0.2) is 30.3 Å². The summed E-state index contributed by atoms with van der Waals surface area (Å²) in [6, 6.07) is 7.04. The number of phenols is 1. The lowest BCUT2D eigenvalue weighted by atomic mass is 10.0. The summed E-state index contributed by atoms with van der Waals surface area (Å²) in [5.41, 5.74) is 1.10. The first kappa shape index (κ1) is 12.9. The molecule has 1 aromatic carbocycles. The Morgan fingerprint density at radius 2 is 2.17 bits per heavy atom. The average Bonchev–Trinajstić information content (AvgIpc) is 2.78. The van der Waals surface area contributed by atoms with E-state index >= 15 is 0 Å². The summed E-state index contributed by atoms with van der Waals surface area (Å²) in [6.45, 7) is 3.24. The molecule has 1 saturated heterocycles. The van der Waals surface area contributed by atoms with Crippen LogP contribution >= 0.6 is 0 Å². The Kier molecular flexibility index (Phi) is 4.20. The zero-order valence-corrected chi connectivity index (χ0v) is 10.6. The Hall–Kier alpha value is -1.55. The first-order valence-electron chi connectivity index (χ1n) is 6.34. The molecule has 1 aliphatic rings. The highest BCUT2D eigenvalue weighted by Crippen LogP contribution is 2.20. The van der Waals surface area contributed by atoms with Crippen molar-refractivity contribution in [2.75, 3.05) is 13.2 Å². The van der Waals surface area contributed by atoms with Gasteiger partial charge in [-0.15, -0.1) is 0 Å². The third kappa shape index (κ3) is 3.23. The molecular formula is C14H19NO3. The number of hydrogen-bond acceptors (Lipinski definition) is 3. The molecule has 1 heterocycles. The number of hydrogen-bond donors (Lipinski definition) is 2. The van der Waals surface area contributed by atoms with Gasteiger partial charge < -0.3 is 15.2 Å². The maximum Gasteiger partial charge on any atom is 0.225 e. The number of carbonyl (C=O) groups excluding carboxylic acids is 1. The second-order valence-corrected chi connectivity index (χ2v) is 4.68. The summed E-state index contributed by atoms with van der Waals surface area (Å²) in [6.07, 6.45) is 1.61. The molecular weight excluding hydrogens is 230 g/mol. The number of benzene rings is 1. The van der Waals surface area contributed by atoms with Crippen molar-refractivity contribution in [2.45, 2.75) is 25.9 Å². The number of phenolic OH excluding ortho intramolecular Hbond substituents is 1. The average molecular weight is 249 g/mol. The number of carbonyl (C=O) groups is 1. The molecule has 0 radical (unpaired) electrons. The topological polar surface area (TPSA) is 58.6 Å². The van der Waals surface area contributed by atoms with E-state index in [9.17, 15) is 4.79 Å². The fourth-order valence-corrected chi connectivity index (χ4v) is 2.20. The molecule has 2 atom stereocenters. The Morgan fingerprint density at radius 1 is 1.44 bits per heavy atom. The maximum absolute atomic E-state index is 11.9. The standard InChI is InChI=1S/C14H19NO3/c1-10-13(7-9-18-10)14(17)15-8-6-11-2-4-12(16)5-3-11/h2-5,10,13,16H,6-9H2,1H3,(H,15,17). The molecule has 1 aromatic rings. The van der Waals surface area contributed by atoms with Crippen molar-refractivity contribution < 1.29 is 14.6 Å². The smallest absolute Gasteiger partial charge is 0.225 e. The van der Waals surface area contributed by atoms with E-state index in [0.29, 0.717) is 13.2 Å². The molecule has 4 nitrogen and oxygen atoms in total. The minimum absolute atomic E-state index is 0.00943. The molecule has 2 rings (SSSR count). The zero-order valence-electron chi connectivity index (χ0n) is 10.6. The number of aromatic hydroxyl groups is 1. The van der Waals surface area contributed by atoms with Gasteiger partial charge in [0.05, 0.1) is 12.0 Å². The number of rotatable bonds is 4. The highest BCUT2D eigenvalue weighted by molar-refractivity contribution is 5.79. The number of amides is 1. The molecule has 1 aliphatic heterocycles. The quantitative estimate of drug-likeness (QED) is 0.849. The van der Waals surface area contributed by atoms with Gasteiger partial charge >= 0.3 is 0 Å². The van der Waals surface area contributed by atoms with Gasteiger partial charge in [0.2, 0.25) is 5.91 Å². The Bertz CT molecular complexity index is 402. The van der Waals surface area contributed by atoms with Gasteiger partial charge in [0, 0.05) is 13.2 Å². The third-order valence-electron chi connectivity index (χ3n) is 3.36. The van der Waals surface area contributed by atoms with Gasteiger partial charge in [-0.2, -0.15) is 0 Å². The van der Waals surface area contributed by atoms with E-state index in [1.165, 1.54) is 0 Å². The van der Waals surface area contributed by atoms with Gasteiger partial charge in [-0.25, -0.2) is 0 Å². The number of nitrogens with one attached hydrogen (secondary N) is 1. The van der Waals surface area contributed by atoms with Crippen LogP contribution < -0.4 is 5.32 Å². The van der Waals surface area contributed by atoms with Gasteiger partial charge in [0.15, 0.2) is 0 Å². The first-order valence-corrected chi connectivity index (χ1v) is 6.34. The second-order valence-electron chi connectivity index (χ2n) is 4.68. The highest BCUT2D eigenvalue weighted by Gasteiger charge is 2.30. The molecule has 2 N–H and O–H groups in total. The van der Waals surface area contributed by atoms with Crippen LogP contribution in [0.25, 0.3) is 0 Å². The SMILES string of the molecule is CC1OCCC1C(=O)NCCc1ccc(O)cc1. The van der Waals surface area contributed by atoms with E-state index < -0.39 is 0 Å². The van der Waals surface area contributed by atoms with Gasteiger partial charge in [0.1, 0.15) is 5.75 Å². The fraction of sp³-hybridized carbons (Fsp3) is 0.500. The van der Waals surface area contributed by atoms with Crippen LogP contribution in [0.1, 0.15) is 18.9 Å². The molecule has 1 amide bonds. The van der Waals surface area contributed by atoms with Gasteiger partial charge in [-0.3, -0.25) is 4.79 Å². The van der Waals surface area contributed by atoms with Gasteiger partial charge in [-0.05, 0) is 37.5 Å². The summed E-state index contributed by atoms with van der Waals surface area (Å²) in [4.78, 5) is 11.9. The van der Waals surface area contributed by atoms with Gasteiger partial charge in [0.25, 0.3) is 0 Å². The predicted octanol–water partition coefficient (Wildman–Crippen LogP) is 1.48. The molecule has 0 spiro atoms. The van der Waals surface area contributed by atoms with Crippen molar-refractivity contribution in [1.29, 1.82) is 0 Å². The summed E-state index contributed by atoms with van der Waals surface area (Å²) in [5, 5.41) is 12.1. The maximum atomic E-state index is 11.9. The molecule has 18 heavy (non-hydrogen) atoms. The molecule has 2 unspecified atom stereocenters. The lowest BCUT2D eigenvalue weighted by Gasteiger charge is -2.13. The minimum atomic E-state index is -0.00943. The fourth-order valence-electron chi connectivity index (χ4n) is 2.20. The highest BCUT2D eigenvalue weighted by atomic mass is 16.5. The first-order chi connectivity index (χ1) is 8.66. The summed E-state index contributed by atoms with van der Waals surface area (Å²) >= 11 is 0. The summed E-state index contributed by atoms with van der Waals surface area (Å²) < 4.78 is 5.38. The second kappa shape index (κ2) is 5.87. The van der Waals surface area contributed by atoms with Crippen LogP contribution in [0.3, 0.4) is 0 Å². The Labute approximate surface area is 107 Å². The molecule has 0 aliphatic carbocycles. The van der Waals surface area contributed by atoms with E-state index in [0.717, 1.165) is 18.4 Å². The summed E-state index contributed by atoms with van der Waals surface area (Å²) in [7, 11) is 0. The van der Waals surface area contributed by atoms with Crippen LogP contribution in [0.4, 0.5) is 0 Å². The molecule has 98 valence electrons. The van der Waals surface area contributed by atoms with E-state index in [1.807, 2.05) is 19.1 Å². The van der Waals surface area contributed by atoms with Crippen molar-refractivity contribution in [1.82, 2.24) is 5.32 Å². The third-order valence-corrected chi connectivity index (χ3v) is 3.36. The molecule has 0 aromatic heterocycles. The summed E-state index contributed by atoms with van der Waals surface area (Å²) in [5.74, 6) is 0.336. The van der Waals surface area contributed by atoms with Crippen LogP contribution in [0, 0.1) is 5.92 Å².